The van der Waals surface area contributed by atoms with E-state index in [2.05, 4.69) is 30.6 Å². The van der Waals surface area contributed by atoms with Gasteiger partial charge in [0.1, 0.15) is 11.8 Å². The molecule has 14 heteroatoms. The fourth-order valence-electron chi connectivity index (χ4n) is 2.61. The quantitative estimate of drug-likeness (QED) is 0.377. The van der Waals surface area contributed by atoms with E-state index in [1.807, 2.05) is 0 Å². The highest BCUT2D eigenvalue weighted by atomic mass is 35.5. The van der Waals surface area contributed by atoms with Crippen molar-refractivity contribution >= 4 is 40.0 Å². The second kappa shape index (κ2) is 7.18. The van der Waals surface area contributed by atoms with Gasteiger partial charge in [0.2, 0.25) is 11.6 Å². The maximum atomic E-state index is 12.8. The number of nitrogens with zero attached hydrogens (tertiary/aromatic N) is 7. The van der Waals surface area contributed by atoms with Crippen LogP contribution in [-0.2, 0) is 6.18 Å². The zero-order chi connectivity index (χ0) is 21.5. The van der Waals surface area contributed by atoms with Crippen molar-refractivity contribution in [2.75, 3.05) is 5.32 Å². The van der Waals surface area contributed by atoms with Gasteiger partial charge < -0.3 is 5.32 Å². The lowest BCUT2D eigenvalue weighted by atomic mass is 10.2. The molecule has 0 saturated heterocycles. The number of benzene rings is 1. The minimum Gasteiger partial charge on any atom is -0.318 e. The molecule has 0 radical (unpaired) electrons. The van der Waals surface area contributed by atoms with Crippen LogP contribution in [0.2, 0.25) is 5.02 Å². The molecule has 0 unspecified atom stereocenters. The molecule has 0 spiro atoms. The Balaban J connectivity index is 1.81. The van der Waals surface area contributed by atoms with Crippen LogP contribution in [0.3, 0.4) is 0 Å². The van der Waals surface area contributed by atoms with Crippen LogP contribution < -0.4 is 5.32 Å². The SMILES string of the molecule is O=[N+]([O-])c1c(Nc2ncc(C(F)(F)F)cc2Cl)ncnc1-n1nnc2ccccc21. The Hall–Kier alpha value is -3.87. The first kappa shape index (κ1) is 19.4. The van der Waals surface area contributed by atoms with Gasteiger partial charge in [0.25, 0.3) is 0 Å². The molecule has 0 aliphatic rings. The molecule has 30 heavy (non-hydrogen) atoms. The van der Waals surface area contributed by atoms with E-state index in [1.165, 1.54) is 0 Å². The normalized spacial score (nSPS) is 11.6. The Bertz CT molecular complexity index is 1280. The van der Waals surface area contributed by atoms with Gasteiger partial charge in [0, 0.05) is 6.20 Å². The van der Waals surface area contributed by atoms with Gasteiger partial charge in [-0.05, 0) is 18.2 Å². The largest absolute Gasteiger partial charge is 0.417 e. The Morgan fingerprint density at radius 1 is 1.13 bits per heavy atom. The van der Waals surface area contributed by atoms with E-state index in [0.717, 1.165) is 11.0 Å². The molecule has 0 saturated carbocycles. The summed E-state index contributed by atoms with van der Waals surface area (Å²) in [5.41, 5.74) is -0.723. The van der Waals surface area contributed by atoms with Gasteiger partial charge in [-0.2, -0.15) is 17.9 Å². The first-order valence-corrected chi connectivity index (χ1v) is 8.43. The summed E-state index contributed by atoms with van der Waals surface area (Å²) in [6.45, 7) is 0. The number of nitro groups is 1. The summed E-state index contributed by atoms with van der Waals surface area (Å²) in [6.07, 6.45) is -3.07. The summed E-state index contributed by atoms with van der Waals surface area (Å²) in [7, 11) is 0. The smallest absolute Gasteiger partial charge is 0.318 e. The zero-order valence-corrected chi connectivity index (χ0v) is 15.3. The number of para-hydroxylation sites is 1. The molecule has 3 aromatic heterocycles. The Morgan fingerprint density at radius 2 is 1.90 bits per heavy atom. The Morgan fingerprint density at radius 3 is 2.60 bits per heavy atom. The molecule has 4 rings (SSSR count). The maximum absolute atomic E-state index is 12.8. The standard InChI is InChI=1S/C16H8ClF3N8O2/c17-9-5-8(16(18,19)20)6-21-13(9)24-14-12(28(29)30)15(23-7-22-14)27-11-4-2-1-3-10(11)25-26-27/h1-7H,(H,21,22,23,24). The monoisotopic (exact) mass is 436 g/mol. The van der Waals surface area contributed by atoms with E-state index in [9.17, 15) is 23.3 Å². The number of anilines is 2. The number of hydrogen-bond donors (Lipinski definition) is 1. The summed E-state index contributed by atoms with van der Waals surface area (Å²) in [4.78, 5) is 22.3. The Labute approximate surface area is 169 Å². The van der Waals surface area contributed by atoms with Crippen LogP contribution in [0.1, 0.15) is 5.56 Å². The van der Waals surface area contributed by atoms with Crippen LogP contribution in [0.25, 0.3) is 16.9 Å². The second-order valence-electron chi connectivity index (χ2n) is 5.82. The number of alkyl halides is 3. The Kier molecular flexibility index (Phi) is 4.66. The van der Waals surface area contributed by atoms with Crippen molar-refractivity contribution in [1.82, 2.24) is 29.9 Å². The molecule has 10 nitrogen and oxygen atoms in total. The molecule has 3 heterocycles. The predicted octanol–water partition coefficient (Wildman–Crippen LogP) is 3.93. The number of hydrogen-bond acceptors (Lipinski definition) is 8. The number of pyridine rings is 1. The van der Waals surface area contributed by atoms with E-state index in [1.54, 1.807) is 24.3 Å². The predicted molar refractivity (Wildman–Crippen MR) is 98.6 cm³/mol. The topological polar surface area (TPSA) is 125 Å². The van der Waals surface area contributed by atoms with E-state index < -0.39 is 27.4 Å². The minimum absolute atomic E-state index is 0.200. The second-order valence-corrected chi connectivity index (χ2v) is 6.23. The molecule has 0 fully saturated rings. The van der Waals surface area contributed by atoms with Crippen molar-refractivity contribution in [2.45, 2.75) is 6.18 Å². The lowest BCUT2D eigenvalue weighted by molar-refractivity contribution is -0.384. The highest BCUT2D eigenvalue weighted by molar-refractivity contribution is 6.33. The van der Waals surface area contributed by atoms with Crippen molar-refractivity contribution in [3.63, 3.8) is 0 Å². The molecular formula is C16H8ClF3N8O2. The maximum Gasteiger partial charge on any atom is 0.417 e. The van der Waals surface area contributed by atoms with Crippen LogP contribution in [0.5, 0.6) is 0 Å². The summed E-state index contributed by atoms with van der Waals surface area (Å²) in [6, 6.07) is 7.37. The molecule has 152 valence electrons. The third kappa shape index (κ3) is 3.45. The van der Waals surface area contributed by atoms with Crippen molar-refractivity contribution in [3.8, 4) is 5.82 Å². The molecule has 1 aromatic carbocycles. The van der Waals surface area contributed by atoms with E-state index >= 15 is 0 Å². The van der Waals surface area contributed by atoms with Gasteiger partial charge in [-0.1, -0.05) is 28.9 Å². The lowest BCUT2D eigenvalue weighted by Gasteiger charge is -2.11. The summed E-state index contributed by atoms with van der Waals surface area (Å²) >= 11 is 5.87. The molecular weight excluding hydrogens is 429 g/mol. The summed E-state index contributed by atoms with van der Waals surface area (Å²) < 4.78 is 39.5. The van der Waals surface area contributed by atoms with Gasteiger partial charge >= 0.3 is 11.9 Å². The zero-order valence-electron chi connectivity index (χ0n) is 14.5. The average molecular weight is 437 g/mol. The van der Waals surface area contributed by atoms with Gasteiger partial charge in [-0.3, -0.25) is 10.1 Å². The first-order chi connectivity index (χ1) is 14.3. The molecule has 4 aromatic rings. The summed E-state index contributed by atoms with van der Waals surface area (Å²) in [5, 5.41) is 21.7. The van der Waals surface area contributed by atoms with Crippen molar-refractivity contribution in [2.24, 2.45) is 0 Å². The molecule has 0 aliphatic carbocycles. The third-order valence-electron chi connectivity index (χ3n) is 3.94. The number of halogens is 4. The van der Waals surface area contributed by atoms with Crippen molar-refractivity contribution < 1.29 is 18.1 Å². The van der Waals surface area contributed by atoms with Crippen LogP contribution >= 0.6 is 11.6 Å². The van der Waals surface area contributed by atoms with Crippen molar-refractivity contribution in [3.05, 3.63) is 63.6 Å². The number of aromatic nitrogens is 6. The fourth-order valence-corrected chi connectivity index (χ4v) is 2.82. The summed E-state index contributed by atoms with van der Waals surface area (Å²) in [5.74, 6) is -0.783. The molecule has 1 N–H and O–H groups in total. The van der Waals surface area contributed by atoms with Crippen LogP contribution in [0.4, 0.5) is 30.5 Å². The first-order valence-electron chi connectivity index (χ1n) is 8.05. The minimum atomic E-state index is -4.64. The molecule has 0 aliphatic heterocycles. The van der Waals surface area contributed by atoms with Gasteiger partial charge in [-0.25, -0.2) is 15.0 Å². The average Bonchev–Trinajstić information content (AvgIpc) is 3.12. The highest BCUT2D eigenvalue weighted by Gasteiger charge is 2.32. The van der Waals surface area contributed by atoms with Crippen LogP contribution in [0, 0.1) is 10.1 Å². The molecule has 0 amide bonds. The van der Waals surface area contributed by atoms with Gasteiger partial charge in [0.15, 0.2) is 5.82 Å². The number of fused-ring (bicyclic) bond motifs is 1. The fraction of sp³-hybridized carbons (Fsp3) is 0.0625. The highest BCUT2D eigenvalue weighted by Crippen LogP contribution is 2.35. The molecule has 0 atom stereocenters. The third-order valence-corrected chi connectivity index (χ3v) is 4.23. The van der Waals surface area contributed by atoms with E-state index in [4.69, 9.17) is 11.6 Å². The number of rotatable bonds is 4. The van der Waals surface area contributed by atoms with Crippen LogP contribution in [0.15, 0.2) is 42.9 Å². The van der Waals surface area contributed by atoms with E-state index in [-0.39, 0.29) is 17.5 Å². The van der Waals surface area contributed by atoms with E-state index in [0.29, 0.717) is 23.3 Å². The number of nitrogens with one attached hydrogen (secondary N) is 1. The van der Waals surface area contributed by atoms with Gasteiger partial charge in [0.05, 0.1) is 21.0 Å². The lowest BCUT2D eigenvalue weighted by Crippen LogP contribution is -2.10. The molecule has 0 bridgehead atoms. The van der Waals surface area contributed by atoms with Crippen molar-refractivity contribution in [1.29, 1.82) is 0 Å². The van der Waals surface area contributed by atoms with Crippen LogP contribution in [-0.4, -0.2) is 34.9 Å². The van der Waals surface area contributed by atoms with Gasteiger partial charge in [-0.15, -0.1) is 5.10 Å².